The summed E-state index contributed by atoms with van der Waals surface area (Å²) in [6.07, 6.45) is 3.65. The van der Waals surface area contributed by atoms with E-state index in [2.05, 4.69) is 26.1 Å². The molecule has 18 heavy (non-hydrogen) atoms. The predicted octanol–water partition coefficient (Wildman–Crippen LogP) is 4.71. The van der Waals surface area contributed by atoms with Gasteiger partial charge in [-0.05, 0) is 49.3 Å². The van der Waals surface area contributed by atoms with E-state index in [0.29, 0.717) is 16.5 Å². The van der Waals surface area contributed by atoms with Gasteiger partial charge in [0.05, 0.1) is 0 Å². The number of rotatable bonds is 3. The molecule has 0 saturated heterocycles. The minimum absolute atomic E-state index is 0.164. The van der Waals surface area contributed by atoms with Crippen molar-refractivity contribution in [3.05, 3.63) is 34.6 Å². The number of nitrogens with one attached hydrogen (secondary N) is 1. The summed E-state index contributed by atoms with van der Waals surface area (Å²) in [7, 11) is 0. The molecule has 0 heterocycles. The van der Waals surface area contributed by atoms with E-state index in [1.165, 1.54) is 31.4 Å². The molecule has 1 aromatic rings. The zero-order valence-corrected chi connectivity index (χ0v) is 12.0. The van der Waals surface area contributed by atoms with Crippen molar-refractivity contribution in [3.63, 3.8) is 0 Å². The molecule has 1 aliphatic carbocycles. The Morgan fingerprint density at radius 1 is 1.44 bits per heavy atom. The number of benzene rings is 1. The lowest BCUT2D eigenvalue weighted by Gasteiger charge is -2.22. The summed E-state index contributed by atoms with van der Waals surface area (Å²) in [6.45, 7) is 6.71. The molecule has 0 amide bonds. The van der Waals surface area contributed by atoms with Crippen molar-refractivity contribution in [3.8, 4) is 0 Å². The van der Waals surface area contributed by atoms with E-state index in [1.54, 1.807) is 6.07 Å². The Labute approximate surface area is 114 Å². The van der Waals surface area contributed by atoms with Crippen LogP contribution in [-0.4, -0.2) is 6.04 Å². The maximum Gasteiger partial charge on any atom is 0.124 e. The smallest absolute Gasteiger partial charge is 0.124 e. The third kappa shape index (κ3) is 3.24. The standard InChI is InChI=1S/C15H21ClFN/c1-10(13-5-4-11(17)8-14(13)16)18-12-6-7-15(2,3)9-12/h4-5,8,10,12,18H,6-7,9H2,1-3H3. The van der Waals surface area contributed by atoms with E-state index in [9.17, 15) is 4.39 Å². The highest BCUT2D eigenvalue weighted by atomic mass is 35.5. The molecule has 0 aliphatic heterocycles. The lowest BCUT2D eigenvalue weighted by molar-refractivity contribution is 0.356. The second kappa shape index (κ2) is 5.18. The summed E-state index contributed by atoms with van der Waals surface area (Å²) in [5, 5.41) is 4.11. The van der Waals surface area contributed by atoms with Crippen LogP contribution in [0.25, 0.3) is 0 Å². The summed E-state index contributed by atoms with van der Waals surface area (Å²) < 4.78 is 13.0. The van der Waals surface area contributed by atoms with Crippen molar-refractivity contribution < 1.29 is 4.39 Å². The van der Waals surface area contributed by atoms with Crippen molar-refractivity contribution in [2.75, 3.05) is 0 Å². The highest BCUT2D eigenvalue weighted by Gasteiger charge is 2.31. The first-order chi connectivity index (χ1) is 8.37. The largest absolute Gasteiger partial charge is 0.307 e. The molecule has 1 saturated carbocycles. The molecule has 2 atom stereocenters. The molecule has 0 spiro atoms. The molecule has 2 rings (SSSR count). The fourth-order valence-corrected chi connectivity index (χ4v) is 3.21. The lowest BCUT2D eigenvalue weighted by Crippen LogP contribution is -2.30. The Bertz CT molecular complexity index is 431. The van der Waals surface area contributed by atoms with Crippen molar-refractivity contribution in [1.29, 1.82) is 0 Å². The van der Waals surface area contributed by atoms with Gasteiger partial charge in [-0.3, -0.25) is 0 Å². The molecule has 1 aromatic carbocycles. The Hall–Kier alpha value is -0.600. The van der Waals surface area contributed by atoms with Gasteiger partial charge in [-0.15, -0.1) is 0 Å². The summed E-state index contributed by atoms with van der Waals surface area (Å²) in [5.41, 5.74) is 1.41. The molecule has 1 aliphatic rings. The molecule has 0 bridgehead atoms. The molecule has 0 radical (unpaired) electrons. The predicted molar refractivity (Wildman–Crippen MR) is 74.4 cm³/mol. The number of hydrogen-bond acceptors (Lipinski definition) is 1. The molecular formula is C15H21ClFN. The highest BCUT2D eigenvalue weighted by molar-refractivity contribution is 6.31. The van der Waals surface area contributed by atoms with Crippen LogP contribution in [0.15, 0.2) is 18.2 Å². The topological polar surface area (TPSA) is 12.0 Å². The van der Waals surface area contributed by atoms with Gasteiger partial charge in [0.1, 0.15) is 5.82 Å². The molecule has 0 aromatic heterocycles. The van der Waals surface area contributed by atoms with Gasteiger partial charge >= 0.3 is 0 Å². The van der Waals surface area contributed by atoms with Crippen molar-refractivity contribution in [1.82, 2.24) is 5.32 Å². The van der Waals surface area contributed by atoms with Crippen LogP contribution in [0.4, 0.5) is 4.39 Å². The Morgan fingerprint density at radius 3 is 2.72 bits per heavy atom. The summed E-state index contributed by atoms with van der Waals surface area (Å²) in [6, 6.07) is 5.33. The van der Waals surface area contributed by atoms with Crippen molar-refractivity contribution >= 4 is 11.6 Å². The minimum Gasteiger partial charge on any atom is -0.307 e. The quantitative estimate of drug-likeness (QED) is 0.838. The van der Waals surface area contributed by atoms with Gasteiger partial charge in [0.2, 0.25) is 0 Å². The van der Waals surface area contributed by atoms with Gasteiger partial charge in [0.25, 0.3) is 0 Å². The fourth-order valence-electron chi connectivity index (χ4n) is 2.87. The summed E-state index contributed by atoms with van der Waals surface area (Å²) in [4.78, 5) is 0. The van der Waals surface area contributed by atoms with Gasteiger partial charge in [-0.25, -0.2) is 4.39 Å². The maximum atomic E-state index is 13.0. The van der Waals surface area contributed by atoms with E-state index in [-0.39, 0.29) is 11.9 Å². The number of halogens is 2. The van der Waals surface area contributed by atoms with Crippen molar-refractivity contribution in [2.45, 2.75) is 52.1 Å². The third-order valence-corrected chi connectivity index (χ3v) is 4.21. The SMILES string of the molecule is CC(NC1CCC(C)(C)C1)c1ccc(F)cc1Cl. The highest BCUT2D eigenvalue weighted by Crippen LogP contribution is 2.38. The Balaban J connectivity index is 2.02. The zero-order chi connectivity index (χ0) is 13.3. The van der Waals surface area contributed by atoms with E-state index in [4.69, 9.17) is 11.6 Å². The molecule has 2 unspecified atom stereocenters. The van der Waals surface area contributed by atoms with Gasteiger partial charge in [-0.2, -0.15) is 0 Å². The second-order valence-corrected chi connectivity index (χ2v) is 6.57. The van der Waals surface area contributed by atoms with Crippen LogP contribution in [0, 0.1) is 11.2 Å². The van der Waals surface area contributed by atoms with Crippen LogP contribution in [0.5, 0.6) is 0 Å². The third-order valence-electron chi connectivity index (χ3n) is 3.88. The second-order valence-electron chi connectivity index (χ2n) is 6.16. The van der Waals surface area contributed by atoms with Crippen LogP contribution >= 0.6 is 11.6 Å². The first kappa shape index (κ1) is 13.8. The van der Waals surface area contributed by atoms with Crippen LogP contribution in [0.1, 0.15) is 51.6 Å². The van der Waals surface area contributed by atoms with Gasteiger partial charge in [0, 0.05) is 17.1 Å². The molecule has 100 valence electrons. The van der Waals surface area contributed by atoms with Crippen molar-refractivity contribution in [2.24, 2.45) is 5.41 Å². The first-order valence-electron chi connectivity index (χ1n) is 6.58. The van der Waals surface area contributed by atoms with E-state index in [0.717, 1.165) is 5.56 Å². The maximum absolute atomic E-state index is 13.0. The summed E-state index contributed by atoms with van der Waals surface area (Å²) >= 11 is 6.09. The van der Waals surface area contributed by atoms with Gasteiger partial charge in [-0.1, -0.05) is 31.5 Å². The molecular weight excluding hydrogens is 249 g/mol. The van der Waals surface area contributed by atoms with Crippen LogP contribution in [0.2, 0.25) is 5.02 Å². The Kier molecular flexibility index (Phi) is 3.98. The monoisotopic (exact) mass is 269 g/mol. The van der Waals surface area contributed by atoms with E-state index < -0.39 is 0 Å². The average molecular weight is 270 g/mol. The zero-order valence-electron chi connectivity index (χ0n) is 11.3. The van der Waals surface area contributed by atoms with Crippen LogP contribution in [0.3, 0.4) is 0 Å². The minimum atomic E-state index is -0.280. The summed E-state index contributed by atoms with van der Waals surface area (Å²) in [5.74, 6) is -0.280. The average Bonchev–Trinajstić information content (AvgIpc) is 2.57. The first-order valence-corrected chi connectivity index (χ1v) is 6.96. The van der Waals surface area contributed by atoms with Crippen LogP contribution < -0.4 is 5.32 Å². The van der Waals surface area contributed by atoms with Gasteiger partial charge in [0.15, 0.2) is 0 Å². The Morgan fingerprint density at radius 2 is 2.17 bits per heavy atom. The molecule has 1 N–H and O–H groups in total. The molecule has 1 fully saturated rings. The normalized spacial score (nSPS) is 24.2. The molecule has 3 heteroatoms. The van der Waals surface area contributed by atoms with Gasteiger partial charge < -0.3 is 5.32 Å². The number of hydrogen-bond donors (Lipinski definition) is 1. The fraction of sp³-hybridized carbons (Fsp3) is 0.600. The van der Waals surface area contributed by atoms with E-state index in [1.807, 2.05) is 0 Å². The van der Waals surface area contributed by atoms with Crippen LogP contribution in [-0.2, 0) is 0 Å². The van der Waals surface area contributed by atoms with E-state index >= 15 is 0 Å². The lowest BCUT2D eigenvalue weighted by atomic mass is 9.91. The molecule has 1 nitrogen and oxygen atoms in total.